The van der Waals surface area contributed by atoms with E-state index in [1.165, 1.54) is 6.92 Å². The van der Waals surface area contributed by atoms with Crippen LogP contribution in [0.4, 0.5) is 5.69 Å². The molecule has 0 saturated heterocycles. The van der Waals surface area contributed by atoms with Crippen molar-refractivity contribution in [3.63, 3.8) is 0 Å². The third-order valence-electron chi connectivity index (χ3n) is 1.99. The van der Waals surface area contributed by atoms with E-state index in [0.717, 1.165) is 24.4 Å². The number of hydrogen-bond donors (Lipinski definition) is 2. The van der Waals surface area contributed by atoms with Crippen molar-refractivity contribution >= 4 is 11.6 Å². The van der Waals surface area contributed by atoms with Crippen LogP contribution in [0.3, 0.4) is 0 Å². The zero-order valence-electron chi connectivity index (χ0n) is 11.7. The second-order valence-corrected chi connectivity index (χ2v) is 3.51. The number of carbonyl (C=O) groups excluding carboxylic acids is 1. The Bertz CT molecular complexity index is 340. The second kappa shape index (κ2) is 10.6. The zero-order chi connectivity index (χ0) is 13.8. The van der Waals surface area contributed by atoms with Gasteiger partial charge in [0.1, 0.15) is 5.75 Å². The highest BCUT2D eigenvalue weighted by Gasteiger charge is 1.98. The van der Waals surface area contributed by atoms with Gasteiger partial charge in [0.15, 0.2) is 0 Å². The minimum Gasteiger partial charge on any atom is -0.493 e. The van der Waals surface area contributed by atoms with Gasteiger partial charge in [0.2, 0.25) is 5.91 Å². The van der Waals surface area contributed by atoms with Crippen molar-refractivity contribution in [3.05, 3.63) is 24.3 Å². The minimum atomic E-state index is -0.0765. The first-order chi connectivity index (χ1) is 8.72. The van der Waals surface area contributed by atoms with Gasteiger partial charge in [-0.2, -0.15) is 0 Å². The van der Waals surface area contributed by atoms with Gasteiger partial charge in [-0.25, -0.2) is 0 Å². The predicted molar refractivity (Wildman–Crippen MR) is 76.1 cm³/mol. The third-order valence-corrected chi connectivity index (χ3v) is 1.99. The highest BCUT2D eigenvalue weighted by molar-refractivity contribution is 5.88. The topological polar surface area (TPSA) is 50.4 Å². The Morgan fingerprint density at radius 3 is 2.67 bits per heavy atom. The lowest BCUT2D eigenvalue weighted by atomic mass is 10.3. The SMILES string of the molecule is CC.CNCCCOc1cccc(NC(C)=O)c1. The van der Waals surface area contributed by atoms with Crippen molar-refractivity contribution in [3.8, 4) is 5.75 Å². The molecule has 4 heteroatoms. The van der Waals surface area contributed by atoms with Crippen LogP contribution in [-0.2, 0) is 4.79 Å². The summed E-state index contributed by atoms with van der Waals surface area (Å²) in [5.74, 6) is 0.703. The van der Waals surface area contributed by atoms with Crippen molar-refractivity contribution in [2.45, 2.75) is 27.2 Å². The summed E-state index contributed by atoms with van der Waals surface area (Å²) in [5.41, 5.74) is 0.763. The molecule has 0 unspecified atom stereocenters. The lowest BCUT2D eigenvalue weighted by molar-refractivity contribution is -0.114. The van der Waals surface area contributed by atoms with E-state index in [1.54, 1.807) is 0 Å². The van der Waals surface area contributed by atoms with Gasteiger partial charge in [0.25, 0.3) is 0 Å². The Labute approximate surface area is 110 Å². The second-order valence-electron chi connectivity index (χ2n) is 3.51. The Balaban J connectivity index is 0.00000137. The number of hydrogen-bond acceptors (Lipinski definition) is 3. The maximum atomic E-state index is 10.9. The van der Waals surface area contributed by atoms with Crippen molar-refractivity contribution in [2.75, 3.05) is 25.5 Å². The fraction of sp³-hybridized carbons (Fsp3) is 0.500. The maximum Gasteiger partial charge on any atom is 0.221 e. The van der Waals surface area contributed by atoms with Gasteiger partial charge in [0, 0.05) is 18.7 Å². The molecule has 0 spiro atoms. The average molecular weight is 252 g/mol. The molecule has 0 aliphatic carbocycles. The molecule has 1 aromatic rings. The maximum absolute atomic E-state index is 10.9. The summed E-state index contributed by atoms with van der Waals surface area (Å²) >= 11 is 0. The molecule has 1 amide bonds. The molecule has 0 bridgehead atoms. The highest BCUT2D eigenvalue weighted by Crippen LogP contribution is 2.17. The highest BCUT2D eigenvalue weighted by atomic mass is 16.5. The molecule has 4 nitrogen and oxygen atoms in total. The molecular formula is C14H24N2O2. The fourth-order valence-electron chi connectivity index (χ4n) is 1.31. The van der Waals surface area contributed by atoms with Crippen LogP contribution >= 0.6 is 0 Å². The monoisotopic (exact) mass is 252 g/mol. The molecule has 1 rings (SSSR count). The van der Waals surface area contributed by atoms with E-state index in [1.807, 2.05) is 45.2 Å². The smallest absolute Gasteiger partial charge is 0.221 e. The summed E-state index contributed by atoms with van der Waals surface area (Å²) in [6, 6.07) is 7.39. The number of carbonyl (C=O) groups is 1. The molecule has 1 aromatic carbocycles. The van der Waals surface area contributed by atoms with Gasteiger partial charge in [-0.15, -0.1) is 0 Å². The number of benzene rings is 1. The molecule has 0 saturated carbocycles. The van der Waals surface area contributed by atoms with Crippen molar-refractivity contribution < 1.29 is 9.53 Å². The van der Waals surface area contributed by atoms with Gasteiger partial charge in [-0.05, 0) is 32.1 Å². The first kappa shape index (κ1) is 16.4. The van der Waals surface area contributed by atoms with Crippen LogP contribution in [0, 0.1) is 0 Å². The standard InChI is InChI=1S/C12H18N2O2.C2H6/c1-10(15)14-11-5-3-6-12(9-11)16-8-4-7-13-2;1-2/h3,5-6,9,13H,4,7-8H2,1-2H3,(H,14,15);1-2H3. The summed E-state index contributed by atoms with van der Waals surface area (Å²) in [6.07, 6.45) is 0.959. The van der Waals surface area contributed by atoms with Gasteiger partial charge < -0.3 is 15.4 Å². The van der Waals surface area contributed by atoms with E-state index >= 15 is 0 Å². The molecule has 18 heavy (non-hydrogen) atoms. The van der Waals surface area contributed by atoms with Crippen molar-refractivity contribution in [2.24, 2.45) is 0 Å². The van der Waals surface area contributed by atoms with E-state index in [-0.39, 0.29) is 5.91 Å². The number of amides is 1. The predicted octanol–water partition coefficient (Wildman–Crippen LogP) is 2.66. The number of rotatable bonds is 6. The molecule has 2 N–H and O–H groups in total. The summed E-state index contributed by atoms with van der Waals surface area (Å²) in [6.45, 7) is 7.09. The molecule has 0 aliphatic rings. The number of nitrogens with one attached hydrogen (secondary N) is 2. The molecule has 0 aliphatic heterocycles. The van der Waals surface area contributed by atoms with Crippen LogP contribution in [0.1, 0.15) is 27.2 Å². The third kappa shape index (κ3) is 7.68. The van der Waals surface area contributed by atoms with E-state index in [9.17, 15) is 4.79 Å². The van der Waals surface area contributed by atoms with Crippen LogP contribution in [0.5, 0.6) is 5.75 Å². The van der Waals surface area contributed by atoms with Gasteiger partial charge in [-0.1, -0.05) is 19.9 Å². The van der Waals surface area contributed by atoms with Crippen LogP contribution in [-0.4, -0.2) is 26.1 Å². The Morgan fingerprint density at radius 1 is 1.33 bits per heavy atom. The zero-order valence-corrected chi connectivity index (χ0v) is 11.7. The normalized spacial score (nSPS) is 9.11. The molecule has 0 aromatic heterocycles. The molecular weight excluding hydrogens is 228 g/mol. The Morgan fingerprint density at radius 2 is 2.06 bits per heavy atom. The average Bonchev–Trinajstić information content (AvgIpc) is 2.37. The lowest BCUT2D eigenvalue weighted by Gasteiger charge is -2.08. The van der Waals surface area contributed by atoms with Crippen LogP contribution in [0.2, 0.25) is 0 Å². The molecule has 0 heterocycles. The Kier molecular flexibility index (Phi) is 9.68. The van der Waals surface area contributed by atoms with Crippen LogP contribution < -0.4 is 15.4 Å². The first-order valence-corrected chi connectivity index (χ1v) is 6.37. The molecule has 0 fully saturated rings. The lowest BCUT2D eigenvalue weighted by Crippen LogP contribution is -2.11. The molecule has 0 radical (unpaired) electrons. The van der Waals surface area contributed by atoms with E-state index < -0.39 is 0 Å². The summed E-state index contributed by atoms with van der Waals surface area (Å²) in [5, 5.41) is 5.77. The van der Waals surface area contributed by atoms with E-state index in [0.29, 0.717) is 6.61 Å². The van der Waals surface area contributed by atoms with Crippen LogP contribution in [0.15, 0.2) is 24.3 Å². The first-order valence-electron chi connectivity index (χ1n) is 6.37. The van der Waals surface area contributed by atoms with E-state index in [2.05, 4.69) is 10.6 Å². The molecule has 102 valence electrons. The minimum absolute atomic E-state index is 0.0765. The van der Waals surface area contributed by atoms with Crippen LogP contribution in [0.25, 0.3) is 0 Å². The Hall–Kier alpha value is -1.55. The summed E-state index contributed by atoms with van der Waals surface area (Å²) in [4.78, 5) is 10.9. The summed E-state index contributed by atoms with van der Waals surface area (Å²) in [7, 11) is 1.91. The largest absolute Gasteiger partial charge is 0.493 e. The number of anilines is 1. The van der Waals surface area contributed by atoms with Crippen molar-refractivity contribution in [1.82, 2.24) is 5.32 Å². The van der Waals surface area contributed by atoms with Gasteiger partial charge >= 0.3 is 0 Å². The fourth-order valence-corrected chi connectivity index (χ4v) is 1.31. The quantitative estimate of drug-likeness (QED) is 0.765. The number of ether oxygens (including phenoxy) is 1. The van der Waals surface area contributed by atoms with Gasteiger partial charge in [-0.3, -0.25) is 4.79 Å². The summed E-state index contributed by atoms with van der Waals surface area (Å²) < 4.78 is 5.54. The molecule has 0 atom stereocenters. The van der Waals surface area contributed by atoms with Crippen molar-refractivity contribution in [1.29, 1.82) is 0 Å². The van der Waals surface area contributed by atoms with E-state index in [4.69, 9.17) is 4.74 Å². The van der Waals surface area contributed by atoms with Gasteiger partial charge in [0.05, 0.1) is 6.61 Å².